The Morgan fingerprint density at radius 2 is 1.07 bits per heavy atom. The smallest absolute Gasteiger partial charge is 0.313 e. The minimum Gasteiger partial charge on any atom is -0.313 e. The van der Waals surface area contributed by atoms with Gasteiger partial charge in [-0.25, -0.2) is 4.57 Å². The van der Waals surface area contributed by atoms with Crippen molar-refractivity contribution in [1.82, 2.24) is 5.32 Å². The zero-order chi connectivity index (χ0) is 21.6. The molecule has 0 spiro atoms. The highest BCUT2D eigenvalue weighted by Gasteiger charge is 2.00. The summed E-state index contributed by atoms with van der Waals surface area (Å²) in [6.07, 6.45) is 20.1. The molecule has 1 rings (SSSR count). The molecular formula is C23H44NO4P. The second-order valence-electron chi connectivity index (χ2n) is 7.77. The molecule has 0 heterocycles. The van der Waals surface area contributed by atoms with E-state index in [0.717, 1.165) is 13.1 Å². The van der Waals surface area contributed by atoms with Gasteiger partial charge in [0.1, 0.15) is 0 Å². The van der Waals surface area contributed by atoms with Gasteiger partial charge in [0, 0.05) is 6.54 Å². The zero-order valence-electron chi connectivity index (χ0n) is 18.4. The fourth-order valence-electron chi connectivity index (χ4n) is 3.27. The van der Waals surface area contributed by atoms with Gasteiger partial charge in [0.2, 0.25) is 0 Å². The minimum atomic E-state index is -4.64. The second-order valence-corrected chi connectivity index (χ2v) is 8.80. The van der Waals surface area contributed by atoms with Crippen molar-refractivity contribution in [3.8, 4) is 0 Å². The summed E-state index contributed by atoms with van der Waals surface area (Å²) < 4.78 is 8.88. The quantitative estimate of drug-likeness (QED) is 0.172. The Kier molecular flexibility index (Phi) is 20.1. The van der Waals surface area contributed by atoms with Crippen LogP contribution in [0.2, 0.25) is 0 Å². The van der Waals surface area contributed by atoms with Gasteiger partial charge in [-0.15, -0.1) is 0 Å². The molecule has 0 unspecified atom stereocenters. The Morgan fingerprint density at radius 1 is 0.690 bits per heavy atom. The van der Waals surface area contributed by atoms with Crippen molar-refractivity contribution >= 4 is 7.82 Å². The first kappa shape index (κ1) is 28.3. The van der Waals surface area contributed by atoms with E-state index in [4.69, 9.17) is 19.2 Å². The Bertz CT molecular complexity index is 485. The molecule has 1 aromatic rings. The Hall–Kier alpha value is -0.710. The van der Waals surface area contributed by atoms with Gasteiger partial charge >= 0.3 is 7.82 Å². The summed E-state index contributed by atoms with van der Waals surface area (Å²) in [5, 5.41) is 3.55. The summed E-state index contributed by atoms with van der Waals surface area (Å²) in [5.41, 5.74) is 1.39. The van der Waals surface area contributed by atoms with Crippen LogP contribution < -0.4 is 5.32 Å². The van der Waals surface area contributed by atoms with Gasteiger partial charge in [-0.05, 0) is 18.5 Å². The van der Waals surface area contributed by atoms with Gasteiger partial charge in [0.25, 0.3) is 0 Å². The number of unbranched alkanes of at least 4 members (excludes halogenated alkanes) is 13. The lowest BCUT2D eigenvalue weighted by Gasteiger charge is -2.05. The molecule has 1 aromatic carbocycles. The van der Waals surface area contributed by atoms with E-state index in [1.807, 2.05) is 0 Å². The molecule has 0 aliphatic heterocycles. The molecule has 170 valence electrons. The van der Waals surface area contributed by atoms with Crippen LogP contribution in [0.3, 0.4) is 0 Å². The topological polar surface area (TPSA) is 89.8 Å². The van der Waals surface area contributed by atoms with E-state index in [2.05, 4.69) is 42.6 Å². The molecule has 0 amide bonds. The number of hydrogen-bond donors (Lipinski definition) is 4. The lowest BCUT2D eigenvalue weighted by Crippen LogP contribution is -2.14. The summed E-state index contributed by atoms with van der Waals surface area (Å²) >= 11 is 0. The maximum atomic E-state index is 8.88. The van der Waals surface area contributed by atoms with E-state index in [-0.39, 0.29) is 0 Å². The van der Waals surface area contributed by atoms with Crippen molar-refractivity contribution in [1.29, 1.82) is 0 Å². The average molecular weight is 430 g/mol. The van der Waals surface area contributed by atoms with Crippen LogP contribution in [-0.4, -0.2) is 21.2 Å². The fraction of sp³-hybridized carbons (Fsp3) is 0.739. The SMILES string of the molecule is CCCCCCCCCCCCCCCCNCc1ccccc1.O=P(O)(O)O. The summed E-state index contributed by atoms with van der Waals surface area (Å²) in [7, 11) is -4.64. The first-order valence-electron chi connectivity index (χ1n) is 11.5. The Balaban J connectivity index is 0.00000139. The normalized spacial score (nSPS) is 11.2. The van der Waals surface area contributed by atoms with Crippen LogP contribution in [0, 0.1) is 0 Å². The first-order chi connectivity index (χ1) is 13.9. The molecular weight excluding hydrogens is 385 g/mol. The Morgan fingerprint density at radius 3 is 1.48 bits per heavy atom. The standard InChI is InChI=1S/C23H41N.H3O4P/c1-2-3-4-5-6-7-8-9-10-11-12-13-14-18-21-24-22-23-19-16-15-17-20-23;1-5(2,3)4/h15-17,19-20,24H,2-14,18,21-22H2,1H3;(H3,1,2,3,4). The molecule has 0 saturated heterocycles. The molecule has 29 heavy (non-hydrogen) atoms. The van der Waals surface area contributed by atoms with Crippen LogP contribution in [0.15, 0.2) is 30.3 Å². The highest BCUT2D eigenvalue weighted by Crippen LogP contribution is 2.25. The molecule has 4 N–H and O–H groups in total. The lowest BCUT2D eigenvalue weighted by atomic mass is 10.0. The van der Waals surface area contributed by atoms with E-state index in [1.165, 1.54) is 95.5 Å². The summed E-state index contributed by atoms with van der Waals surface area (Å²) in [6, 6.07) is 10.7. The summed E-state index contributed by atoms with van der Waals surface area (Å²) in [5.74, 6) is 0. The second kappa shape index (κ2) is 20.6. The molecule has 0 aliphatic carbocycles. The van der Waals surface area contributed by atoms with Crippen molar-refractivity contribution in [3.05, 3.63) is 35.9 Å². The van der Waals surface area contributed by atoms with E-state index in [1.54, 1.807) is 0 Å². The Labute approximate surface area is 178 Å². The van der Waals surface area contributed by atoms with Gasteiger partial charge in [-0.2, -0.15) is 0 Å². The predicted molar refractivity (Wildman–Crippen MR) is 123 cm³/mol. The number of benzene rings is 1. The maximum Gasteiger partial charge on any atom is 0.466 e. The van der Waals surface area contributed by atoms with Crippen molar-refractivity contribution < 1.29 is 19.2 Å². The zero-order valence-corrected chi connectivity index (χ0v) is 19.3. The third kappa shape index (κ3) is 27.3. The van der Waals surface area contributed by atoms with Crippen molar-refractivity contribution in [3.63, 3.8) is 0 Å². The molecule has 6 heteroatoms. The van der Waals surface area contributed by atoms with Crippen LogP contribution in [0.1, 0.15) is 102 Å². The fourth-order valence-corrected chi connectivity index (χ4v) is 3.27. The number of nitrogens with one attached hydrogen (secondary N) is 1. The third-order valence-corrected chi connectivity index (χ3v) is 4.88. The minimum absolute atomic E-state index is 1.01. The van der Waals surface area contributed by atoms with E-state index >= 15 is 0 Å². The average Bonchev–Trinajstić information content (AvgIpc) is 2.67. The highest BCUT2D eigenvalue weighted by atomic mass is 31.2. The third-order valence-electron chi connectivity index (χ3n) is 4.88. The van der Waals surface area contributed by atoms with Crippen molar-refractivity contribution in [2.75, 3.05) is 6.54 Å². The van der Waals surface area contributed by atoms with Crippen LogP contribution in [-0.2, 0) is 11.1 Å². The molecule has 0 aromatic heterocycles. The molecule has 0 aliphatic rings. The summed E-state index contributed by atoms with van der Waals surface area (Å²) in [4.78, 5) is 21.6. The van der Waals surface area contributed by atoms with E-state index in [9.17, 15) is 0 Å². The number of phosphoric acid groups is 1. The highest BCUT2D eigenvalue weighted by molar-refractivity contribution is 7.45. The van der Waals surface area contributed by atoms with Crippen LogP contribution in [0.5, 0.6) is 0 Å². The number of rotatable bonds is 17. The van der Waals surface area contributed by atoms with E-state index in [0.29, 0.717) is 0 Å². The van der Waals surface area contributed by atoms with Crippen LogP contribution in [0.25, 0.3) is 0 Å². The van der Waals surface area contributed by atoms with Gasteiger partial charge < -0.3 is 20.0 Å². The molecule has 0 fully saturated rings. The maximum absolute atomic E-state index is 8.88. The lowest BCUT2D eigenvalue weighted by molar-refractivity contribution is 0.275. The molecule has 0 atom stereocenters. The molecule has 5 nitrogen and oxygen atoms in total. The molecule has 0 saturated carbocycles. The van der Waals surface area contributed by atoms with Crippen LogP contribution >= 0.6 is 7.82 Å². The van der Waals surface area contributed by atoms with Gasteiger partial charge in [-0.1, -0.05) is 121 Å². The molecule has 0 radical (unpaired) electrons. The number of hydrogen-bond acceptors (Lipinski definition) is 2. The van der Waals surface area contributed by atoms with Gasteiger partial charge in [0.15, 0.2) is 0 Å². The predicted octanol–water partition coefficient (Wildman–Crippen LogP) is 6.33. The molecule has 0 bridgehead atoms. The monoisotopic (exact) mass is 429 g/mol. The van der Waals surface area contributed by atoms with Gasteiger partial charge in [0.05, 0.1) is 0 Å². The van der Waals surface area contributed by atoms with E-state index < -0.39 is 7.82 Å². The van der Waals surface area contributed by atoms with Crippen molar-refractivity contribution in [2.24, 2.45) is 0 Å². The van der Waals surface area contributed by atoms with Crippen molar-refractivity contribution in [2.45, 2.75) is 103 Å². The van der Waals surface area contributed by atoms with Crippen LogP contribution in [0.4, 0.5) is 0 Å². The largest absolute Gasteiger partial charge is 0.466 e. The first-order valence-corrected chi connectivity index (χ1v) is 13.0. The summed E-state index contributed by atoms with van der Waals surface area (Å²) in [6.45, 7) is 4.47. The van der Waals surface area contributed by atoms with Gasteiger partial charge in [-0.3, -0.25) is 0 Å².